The number of aliphatic hydroxyl groups is 1. The van der Waals surface area contributed by atoms with Crippen molar-refractivity contribution in [1.82, 2.24) is 5.32 Å². The second-order valence-electron chi connectivity index (χ2n) is 7.84. The molecule has 0 radical (unpaired) electrons. The zero-order valence-electron chi connectivity index (χ0n) is 12.2. The van der Waals surface area contributed by atoms with E-state index < -0.39 is 5.60 Å². The molecule has 4 aliphatic rings. The minimum Gasteiger partial charge on any atom is -0.389 e. The number of nitrogens with zero attached hydrogens (tertiary/aromatic N) is 1. The van der Waals surface area contributed by atoms with Crippen molar-refractivity contribution in [3.63, 3.8) is 0 Å². The number of aliphatic imine (C=N–C) groups is 1. The lowest BCUT2D eigenvalue weighted by atomic mass is 9.53. The van der Waals surface area contributed by atoms with Gasteiger partial charge in [0.25, 0.3) is 0 Å². The van der Waals surface area contributed by atoms with Crippen LogP contribution >= 0.6 is 0 Å². The highest BCUT2D eigenvalue weighted by Gasteiger charge is 2.51. The predicted molar refractivity (Wildman–Crippen MR) is 76.8 cm³/mol. The fourth-order valence-corrected chi connectivity index (χ4v) is 4.85. The van der Waals surface area contributed by atoms with Gasteiger partial charge < -0.3 is 16.2 Å². The molecule has 4 bridgehead atoms. The van der Waals surface area contributed by atoms with Crippen LogP contribution < -0.4 is 11.1 Å². The highest BCUT2D eigenvalue weighted by Crippen LogP contribution is 2.55. The van der Waals surface area contributed by atoms with Gasteiger partial charge in [-0.1, -0.05) is 0 Å². The van der Waals surface area contributed by atoms with Crippen molar-refractivity contribution in [2.45, 2.75) is 63.5 Å². The molecular formula is C15H27N3O. The number of nitrogens with one attached hydrogen (secondary N) is 1. The third kappa shape index (κ3) is 2.88. The van der Waals surface area contributed by atoms with Gasteiger partial charge in [-0.3, -0.25) is 4.99 Å². The maximum absolute atomic E-state index is 9.71. The van der Waals surface area contributed by atoms with E-state index in [0.717, 1.165) is 17.8 Å². The van der Waals surface area contributed by atoms with Crippen LogP contribution in [0.4, 0.5) is 0 Å². The molecule has 0 saturated heterocycles. The van der Waals surface area contributed by atoms with Gasteiger partial charge in [0.2, 0.25) is 0 Å². The molecule has 0 aliphatic heterocycles. The Morgan fingerprint density at radius 3 is 2.11 bits per heavy atom. The topological polar surface area (TPSA) is 70.6 Å². The molecule has 0 amide bonds. The van der Waals surface area contributed by atoms with E-state index in [1.807, 2.05) is 0 Å². The summed E-state index contributed by atoms with van der Waals surface area (Å²) in [5.41, 5.74) is 5.46. The van der Waals surface area contributed by atoms with Gasteiger partial charge in [-0.25, -0.2) is 0 Å². The summed E-state index contributed by atoms with van der Waals surface area (Å²) in [6, 6.07) is 0. The fourth-order valence-electron chi connectivity index (χ4n) is 4.85. The number of guanidine groups is 1. The van der Waals surface area contributed by atoms with Crippen molar-refractivity contribution in [3.05, 3.63) is 0 Å². The van der Waals surface area contributed by atoms with Crippen LogP contribution in [0.15, 0.2) is 4.99 Å². The van der Waals surface area contributed by atoms with Crippen molar-refractivity contribution < 1.29 is 5.11 Å². The molecule has 4 rings (SSSR count). The fraction of sp³-hybridized carbons (Fsp3) is 0.933. The molecule has 4 nitrogen and oxygen atoms in total. The molecule has 0 aromatic carbocycles. The first-order valence-electron chi connectivity index (χ1n) is 7.64. The van der Waals surface area contributed by atoms with Gasteiger partial charge in [0.1, 0.15) is 0 Å². The van der Waals surface area contributed by atoms with E-state index in [9.17, 15) is 5.11 Å². The molecule has 108 valence electrons. The molecule has 0 unspecified atom stereocenters. The van der Waals surface area contributed by atoms with Crippen LogP contribution in [0.25, 0.3) is 0 Å². The van der Waals surface area contributed by atoms with Gasteiger partial charge in [0.05, 0.1) is 12.1 Å². The maximum Gasteiger partial charge on any atom is 0.189 e. The predicted octanol–water partition coefficient (Wildman–Crippen LogP) is 1.63. The molecule has 0 spiro atoms. The minimum atomic E-state index is -0.784. The van der Waals surface area contributed by atoms with E-state index in [4.69, 9.17) is 5.73 Å². The van der Waals surface area contributed by atoms with E-state index in [2.05, 4.69) is 10.3 Å². The third-order valence-electron chi connectivity index (χ3n) is 5.07. The van der Waals surface area contributed by atoms with E-state index >= 15 is 0 Å². The zero-order chi connectivity index (χ0) is 13.7. The lowest BCUT2D eigenvalue weighted by molar-refractivity contribution is -0.0103. The van der Waals surface area contributed by atoms with Gasteiger partial charge in [0.15, 0.2) is 5.96 Å². The summed E-state index contributed by atoms with van der Waals surface area (Å²) in [6.45, 7) is 3.88. The quantitative estimate of drug-likeness (QED) is 0.536. The van der Waals surface area contributed by atoms with Crippen LogP contribution in [0.3, 0.4) is 0 Å². The van der Waals surface area contributed by atoms with Crippen molar-refractivity contribution in [2.75, 3.05) is 6.54 Å². The molecule has 0 aromatic rings. The van der Waals surface area contributed by atoms with Gasteiger partial charge in [-0.05, 0) is 70.1 Å². The second kappa shape index (κ2) is 4.37. The average Bonchev–Trinajstić information content (AvgIpc) is 2.22. The standard InChI is InChI=1S/C15H27N3O/c1-14(2,19)9-17-13(16)18-15-6-10-3-11(7-15)5-12(4-10)8-15/h10-12,19H,3-9H2,1-2H3,(H3,16,17,18). The number of nitrogens with two attached hydrogens (primary N) is 1. The van der Waals surface area contributed by atoms with Crippen molar-refractivity contribution in [1.29, 1.82) is 0 Å². The molecule has 0 heterocycles. The number of rotatable bonds is 3. The van der Waals surface area contributed by atoms with Crippen LogP contribution in [0.1, 0.15) is 52.4 Å². The molecule has 0 atom stereocenters. The summed E-state index contributed by atoms with van der Waals surface area (Å²) in [7, 11) is 0. The Bertz CT molecular complexity index is 348. The molecule has 4 aliphatic carbocycles. The Balaban J connectivity index is 1.66. The molecular weight excluding hydrogens is 238 g/mol. The first-order chi connectivity index (χ1) is 8.84. The lowest BCUT2D eigenvalue weighted by Gasteiger charge is -2.57. The van der Waals surface area contributed by atoms with Crippen LogP contribution in [-0.4, -0.2) is 28.8 Å². The second-order valence-corrected chi connectivity index (χ2v) is 7.84. The first-order valence-corrected chi connectivity index (χ1v) is 7.64. The largest absolute Gasteiger partial charge is 0.389 e. The van der Waals surface area contributed by atoms with Crippen LogP contribution in [0.5, 0.6) is 0 Å². The smallest absolute Gasteiger partial charge is 0.189 e. The Morgan fingerprint density at radius 2 is 1.68 bits per heavy atom. The summed E-state index contributed by atoms with van der Waals surface area (Å²) in [4.78, 5) is 4.30. The third-order valence-corrected chi connectivity index (χ3v) is 5.07. The van der Waals surface area contributed by atoms with E-state index in [-0.39, 0.29) is 5.54 Å². The molecule has 4 heteroatoms. The highest BCUT2D eigenvalue weighted by molar-refractivity contribution is 5.78. The van der Waals surface area contributed by atoms with Crippen LogP contribution in [0.2, 0.25) is 0 Å². The van der Waals surface area contributed by atoms with Gasteiger partial charge >= 0.3 is 0 Å². The Hall–Kier alpha value is -0.770. The molecule has 0 aromatic heterocycles. The number of hydrogen-bond acceptors (Lipinski definition) is 2. The Labute approximate surface area is 115 Å². The SMILES string of the molecule is CC(C)(O)CN=C(N)NC12CC3CC(CC(C3)C1)C2. The van der Waals surface area contributed by atoms with Crippen molar-refractivity contribution >= 4 is 5.96 Å². The van der Waals surface area contributed by atoms with E-state index in [1.165, 1.54) is 38.5 Å². The van der Waals surface area contributed by atoms with Crippen LogP contribution in [-0.2, 0) is 0 Å². The first kappa shape index (κ1) is 13.2. The van der Waals surface area contributed by atoms with Gasteiger partial charge in [-0.2, -0.15) is 0 Å². The van der Waals surface area contributed by atoms with Crippen molar-refractivity contribution in [2.24, 2.45) is 28.5 Å². The maximum atomic E-state index is 9.71. The molecule has 4 N–H and O–H groups in total. The molecule has 4 saturated carbocycles. The summed E-state index contributed by atoms with van der Waals surface area (Å²) in [5, 5.41) is 13.2. The van der Waals surface area contributed by atoms with E-state index in [0.29, 0.717) is 12.5 Å². The van der Waals surface area contributed by atoms with Crippen molar-refractivity contribution in [3.8, 4) is 0 Å². The highest BCUT2D eigenvalue weighted by atomic mass is 16.3. The van der Waals surface area contributed by atoms with Crippen LogP contribution in [0, 0.1) is 17.8 Å². The van der Waals surface area contributed by atoms with Gasteiger partial charge in [-0.15, -0.1) is 0 Å². The normalized spacial score (nSPS) is 41.6. The number of hydrogen-bond donors (Lipinski definition) is 3. The summed E-state index contributed by atoms with van der Waals surface area (Å²) < 4.78 is 0. The van der Waals surface area contributed by atoms with E-state index in [1.54, 1.807) is 13.8 Å². The lowest BCUT2D eigenvalue weighted by Crippen LogP contribution is -2.61. The summed E-state index contributed by atoms with van der Waals surface area (Å²) >= 11 is 0. The summed E-state index contributed by atoms with van der Waals surface area (Å²) in [6.07, 6.45) is 8.08. The Morgan fingerprint density at radius 1 is 1.21 bits per heavy atom. The average molecular weight is 265 g/mol. The van der Waals surface area contributed by atoms with Gasteiger partial charge in [0, 0.05) is 5.54 Å². The minimum absolute atomic E-state index is 0.210. The molecule has 4 fully saturated rings. The molecule has 19 heavy (non-hydrogen) atoms. The summed E-state index contributed by atoms with van der Waals surface area (Å²) in [5.74, 6) is 3.23. The Kier molecular flexibility index (Phi) is 3.04. The zero-order valence-corrected chi connectivity index (χ0v) is 12.2. The monoisotopic (exact) mass is 265 g/mol.